The van der Waals surface area contributed by atoms with Crippen molar-refractivity contribution >= 4 is 146 Å². The smallest absolute Gasteiger partial charge is 0.303 e. The number of unbranched alkanes of at least 4 members (excludes halogenated alkanes) is 2. The van der Waals surface area contributed by atoms with E-state index in [4.69, 9.17) is 17.2 Å². The van der Waals surface area contributed by atoms with Gasteiger partial charge in [-0.2, -0.15) is 0 Å². The maximum absolute atomic E-state index is 15.7. The fourth-order valence-electron chi connectivity index (χ4n) is 17.2. The van der Waals surface area contributed by atoms with Gasteiger partial charge in [0.25, 0.3) is 0 Å². The number of aromatic hydroxyl groups is 1. The highest BCUT2D eigenvalue weighted by atomic mass is 32.2. The van der Waals surface area contributed by atoms with Crippen molar-refractivity contribution in [3.63, 3.8) is 0 Å². The molecule has 46 nitrogen and oxygen atoms in total. The number of carboxylic acids is 1. The van der Waals surface area contributed by atoms with E-state index in [1.165, 1.54) is 50.9 Å². The quantitative estimate of drug-likeness (QED) is 0.0242. The number of likely N-dealkylation sites (N-methyl/N-ethyl adjacent to an activating group) is 2. The normalized spacial score (nSPS) is 25.5. The van der Waals surface area contributed by atoms with Crippen LogP contribution in [0.5, 0.6) is 5.75 Å². The van der Waals surface area contributed by atoms with Crippen LogP contribution in [0.4, 0.5) is 0 Å². The van der Waals surface area contributed by atoms with E-state index in [1.54, 1.807) is 74.8 Å². The minimum Gasteiger partial charge on any atom is -0.508 e. The monoisotopic (exact) mass is 1920 g/mol. The number of nitrogens with two attached hydrogens (primary N) is 3. The van der Waals surface area contributed by atoms with Gasteiger partial charge in [0.15, 0.2) is 0 Å². The number of aliphatic carboxylic acids is 1. The zero-order valence-electron chi connectivity index (χ0n) is 76.2. The summed E-state index contributed by atoms with van der Waals surface area (Å²) in [6.07, 6.45) is -1.93. The van der Waals surface area contributed by atoms with E-state index in [9.17, 15) is 68.7 Å². The number of para-hydroxylation sites is 2. The zero-order valence-corrected chi connectivity index (χ0v) is 77.0. The molecular weight excluding hydrogens is 1810 g/mol. The molecular formula is C90H120N22O24S. The Bertz CT molecular complexity index is 5390. The molecule has 137 heavy (non-hydrogen) atoms. The van der Waals surface area contributed by atoms with Crippen LogP contribution in [0.15, 0.2) is 97.7 Å². The van der Waals surface area contributed by atoms with E-state index >= 15 is 47.9 Å². The highest BCUT2D eigenvalue weighted by Crippen LogP contribution is 2.29. The molecule has 0 spiro atoms. The third-order valence-electron chi connectivity index (χ3n) is 24.5. The molecule has 10 rings (SSSR count). The number of rotatable bonds is 26. The Kier molecular flexibility index (Phi) is 37.9. The average Bonchev–Trinajstić information content (AvgIpc) is 1.72. The molecule has 0 radical (unpaired) electrons. The van der Waals surface area contributed by atoms with Crippen molar-refractivity contribution in [2.75, 3.05) is 58.4 Å². The van der Waals surface area contributed by atoms with Gasteiger partial charge in [-0.15, -0.1) is 11.8 Å². The molecule has 4 aliphatic heterocycles. The van der Waals surface area contributed by atoms with Crippen molar-refractivity contribution in [3.8, 4) is 5.75 Å². The van der Waals surface area contributed by atoms with Crippen molar-refractivity contribution in [1.82, 2.24) is 97.6 Å². The van der Waals surface area contributed by atoms with Gasteiger partial charge < -0.3 is 135 Å². The standard InChI is InChI=1S/C90H120N22O24S/c1-5-7-18-67-82(128)100-58(26-28-76(121)122)78(124)107-66(77(123)97-40-74(93)119)44-137-45-75(120)99-62(30-47-21-23-51(114)24-22-47)89(135)112-42-53(116)35-71(112)85(131)105-64(36-73(92)118)88(134)110-29-13-20-68(110)83(129)103-61(33-50-39-94-46-98-50)80(126)101-59(25-27-72(91)117)87(133)111-41-52(115)34-70(111)84(130)102-60(31-48-37-95-56-16-11-9-14-54(48)56)79(125)106-65(43-113)81(127)104-63(32-49-38-96-57-17-12-10-15-55(49)57)86(132)109(4)69(19-8-6-2)90(136)108(67)3/h9-12,14-17,21-24,37-39,46,52-53,58-71,95-96,113-116H,5-8,13,18-20,25-36,40-45H2,1-4H3,(H2,91,117)(H2,92,118)(H2,93,119)(H,94,98)(H,97,123)(H,99,120)(H,100,128)(H,101,126)(H,102,130)(H,103,129)(H,104,127)(H,105,131)(H,106,125)(H,107,124)(H,121,122)/t52-,53-,58+,59+,60+,61+,62+,63+,64+,65+,66+,67+,68+,69+,70+,71+/m1/s1. The maximum Gasteiger partial charge on any atom is 0.303 e. The predicted octanol–water partition coefficient (Wildman–Crippen LogP) is -4.99. The molecule has 4 fully saturated rings. The Hall–Kier alpha value is -14.1. The first-order valence-electron chi connectivity index (χ1n) is 45.3. The summed E-state index contributed by atoms with van der Waals surface area (Å²) in [7, 11) is 2.56. The second-order valence-electron chi connectivity index (χ2n) is 34.6. The van der Waals surface area contributed by atoms with E-state index in [-0.39, 0.29) is 75.8 Å². The number of amides is 18. The van der Waals surface area contributed by atoms with Crippen molar-refractivity contribution in [3.05, 3.63) is 120 Å². The summed E-state index contributed by atoms with van der Waals surface area (Å²) in [5.41, 5.74) is 19.4. The molecule has 24 N–H and O–H groups in total. The number of carbonyl (C=O) groups excluding carboxylic acids is 18. The maximum atomic E-state index is 15.7. The molecule has 4 aliphatic rings. The molecule has 0 bridgehead atoms. The number of phenolic OH excluding ortho intramolecular Hbond substituents is 1. The van der Waals surface area contributed by atoms with Crippen molar-refractivity contribution in [2.24, 2.45) is 17.2 Å². The largest absolute Gasteiger partial charge is 0.508 e. The molecule has 0 unspecified atom stereocenters. The number of nitrogens with zero attached hydrogens (tertiary/aromatic N) is 6. The van der Waals surface area contributed by atoms with Crippen LogP contribution in [0.2, 0.25) is 0 Å². The molecule has 0 aliphatic carbocycles. The number of aromatic amines is 3. The third kappa shape index (κ3) is 28.5. The first kappa shape index (κ1) is 105. The van der Waals surface area contributed by atoms with Crippen LogP contribution in [0.25, 0.3) is 21.8 Å². The highest BCUT2D eigenvalue weighted by Gasteiger charge is 2.48. The first-order chi connectivity index (χ1) is 65.3. The van der Waals surface area contributed by atoms with Crippen LogP contribution in [0.3, 0.4) is 0 Å². The van der Waals surface area contributed by atoms with Crippen molar-refractivity contribution in [1.29, 1.82) is 0 Å². The molecule has 47 heteroatoms. The van der Waals surface area contributed by atoms with Gasteiger partial charge >= 0.3 is 5.97 Å². The number of nitrogens with one attached hydrogen (secondary N) is 13. The minimum atomic E-state index is -1.95. The number of hydrogen-bond acceptors (Lipinski definition) is 25. The van der Waals surface area contributed by atoms with Crippen LogP contribution in [-0.4, -0.2) is 337 Å². The lowest BCUT2D eigenvalue weighted by atomic mass is 10.00. The number of aliphatic hydroxyl groups is 3. The summed E-state index contributed by atoms with van der Waals surface area (Å²) < 4.78 is 0. The average molecular weight is 1930 g/mol. The van der Waals surface area contributed by atoms with Gasteiger partial charge in [0.1, 0.15) is 90.3 Å². The molecule has 6 aromatic rings. The van der Waals surface area contributed by atoms with Gasteiger partial charge in [0, 0.05) is 137 Å². The number of fused-ring (bicyclic) bond motifs is 5. The Morgan fingerprint density at radius 2 is 0.993 bits per heavy atom. The van der Waals surface area contributed by atoms with Crippen molar-refractivity contribution < 1.29 is 117 Å². The number of aliphatic hydroxyl groups excluding tert-OH is 3. The number of benzene rings is 3. The van der Waals surface area contributed by atoms with E-state index in [0.29, 0.717) is 63.1 Å². The number of hydrogen-bond donors (Lipinski definition) is 21. The first-order valence-corrected chi connectivity index (χ1v) is 46.4. The lowest BCUT2D eigenvalue weighted by molar-refractivity contribution is -0.149. The van der Waals surface area contributed by atoms with Crippen LogP contribution in [0, 0.1) is 0 Å². The number of aromatic nitrogens is 4. The summed E-state index contributed by atoms with van der Waals surface area (Å²) in [4.78, 5) is 294. The fourth-order valence-corrected chi connectivity index (χ4v) is 18.1. The number of H-pyrrole nitrogens is 3. The van der Waals surface area contributed by atoms with Crippen molar-refractivity contribution in [2.45, 2.75) is 233 Å². The number of thioether (sulfide) groups is 1. The molecule has 4 saturated heterocycles. The number of phenols is 1. The van der Waals surface area contributed by atoms with E-state index in [0.717, 1.165) is 24.5 Å². The lowest BCUT2D eigenvalue weighted by Crippen LogP contribution is -2.62. The molecule has 7 heterocycles. The van der Waals surface area contributed by atoms with Crippen LogP contribution in [0.1, 0.15) is 133 Å². The minimum absolute atomic E-state index is 0.0685. The van der Waals surface area contributed by atoms with Crippen LogP contribution in [-0.2, 0) is 117 Å². The number of carbonyl (C=O) groups is 19. The Morgan fingerprint density at radius 1 is 0.496 bits per heavy atom. The van der Waals surface area contributed by atoms with Gasteiger partial charge in [0.2, 0.25) is 106 Å². The summed E-state index contributed by atoms with van der Waals surface area (Å²) in [6, 6.07) is -4.54. The molecule has 3 aromatic heterocycles. The fraction of sp³-hybridized carbons (Fsp3) is 0.511. The molecule has 16 atom stereocenters. The summed E-state index contributed by atoms with van der Waals surface area (Å²) >= 11 is 0.673. The Labute approximate surface area is 790 Å². The van der Waals surface area contributed by atoms with Gasteiger partial charge in [-0.05, 0) is 79.5 Å². The second kappa shape index (κ2) is 49.4. The van der Waals surface area contributed by atoms with Gasteiger partial charge in [0.05, 0.1) is 43.9 Å². The van der Waals surface area contributed by atoms with Crippen LogP contribution >= 0.6 is 11.8 Å². The summed E-state index contributed by atoms with van der Waals surface area (Å²) in [5.74, 6) is -21.7. The molecule has 740 valence electrons. The van der Waals surface area contributed by atoms with E-state index < -0.39 is 298 Å². The second-order valence-corrected chi connectivity index (χ2v) is 35.6. The summed E-state index contributed by atoms with van der Waals surface area (Å²) in [5, 5.41) is 80.9. The molecule has 18 amide bonds. The van der Waals surface area contributed by atoms with E-state index in [2.05, 4.69) is 73.1 Å². The molecule has 0 saturated carbocycles. The highest BCUT2D eigenvalue weighted by molar-refractivity contribution is 8.00. The Morgan fingerprint density at radius 3 is 1.55 bits per heavy atom. The van der Waals surface area contributed by atoms with Crippen LogP contribution < -0.4 is 70.4 Å². The zero-order chi connectivity index (χ0) is 99.6. The SMILES string of the molecule is CCCC[C@H]1C(=O)N(C)[C@@H](CCCC)C(=O)N[C@@H](CCC(=O)O)C(=O)N[C@H](C(=O)NCC(N)=O)CSCC(=O)N[C@@H](Cc2ccc(O)cc2)C(=O)N2C[C@H](O)C[C@H]2C(=O)N[C@@H](CC(N)=O)C(=O)N2CCC[C@H]2C(=O)N[C@@H](Cc2cnc[nH]2)C(=O)N[C@@H](CCC(N)=O)C(=O)N2C[C@H](O)C[C@H]2C(=O)N[C@@H](Cc2c[nH]c3ccccc23)C(=O)N[C@@H](CO)C(=O)N[C@@H](Cc2c[nH]c3ccccc23)C(=O)N1C. The summed E-state index contributed by atoms with van der Waals surface area (Å²) in [6.45, 7) is 0.274. The number of imidazole rings is 1. The molecule has 3 aromatic carbocycles. The van der Waals surface area contributed by atoms with E-state index in [1.807, 2.05) is 0 Å². The van der Waals surface area contributed by atoms with Gasteiger partial charge in [-0.25, -0.2) is 4.98 Å². The Balaban J connectivity index is 1.03. The van der Waals surface area contributed by atoms with Gasteiger partial charge in [-0.3, -0.25) is 91.1 Å². The lowest BCUT2D eigenvalue weighted by Gasteiger charge is -2.36. The third-order valence-corrected chi connectivity index (χ3v) is 25.5. The number of carboxylic acid groups (broad SMARTS) is 1. The van der Waals surface area contributed by atoms with Gasteiger partial charge in [-0.1, -0.05) is 88.1 Å². The number of primary amides is 3. The predicted molar refractivity (Wildman–Crippen MR) is 490 cm³/mol. The topological polar surface area (TPSA) is 700 Å².